The van der Waals surface area contributed by atoms with Gasteiger partial charge >= 0.3 is 0 Å². The fourth-order valence-electron chi connectivity index (χ4n) is 1.99. The third-order valence-electron chi connectivity index (χ3n) is 3.01. The molecule has 2 unspecified atom stereocenters. The maximum atomic E-state index is 6.15. The number of benzene rings is 1. The molecule has 0 radical (unpaired) electrons. The standard InChI is InChI=1S/C13H18BrNO3/c1-16-12-3-2-9(6-10(12)14)7-11(15)13-8-17-4-5-18-13/h2-3,6,11,13H,4-5,7-8,15H2,1H3. The van der Waals surface area contributed by atoms with Gasteiger partial charge in [-0.3, -0.25) is 0 Å². The summed E-state index contributed by atoms with van der Waals surface area (Å²) in [7, 11) is 1.65. The number of hydrogen-bond donors (Lipinski definition) is 1. The van der Waals surface area contributed by atoms with Crippen molar-refractivity contribution in [3.05, 3.63) is 28.2 Å². The summed E-state index contributed by atoms with van der Waals surface area (Å²) in [6.45, 7) is 1.88. The van der Waals surface area contributed by atoms with Crippen LogP contribution in [0.3, 0.4) is 0 Å². The summed E-state index contributed by atoms with van der Waals surface area (Å²) in [5.74, 6) is 0.824. The van der Waals surface area contributed by atoms with Crippen molar-refractivity contribution < 1.29 is 14.2 Å². The molecule has 0 amide bonds. The largest absolute Gasteiger partial charge is 0.496 e. The quantitative estimate of drug-likeness (QED) is 0.919. The van der Waals surface area contributed by atoms with Gasteiger partial charge in [-0.2, -0.15) is 0 Å². The summed E-state index contributed by atoms with van der Waals surface area (Å²) < 4.78 is 17.1. The molecule has 0 aromatic heterocycles. The van der Waals surface area contributed by atoms with Gasteiger partial charge in [0.05, 0.1) is 37.5 Å². The Morgan fingerprint density at radius 3 is 2.94 bits per heavy atom. The Morgan fingerprint density at radius 1 is 1.50 bits per heavy atom. The Balaban J connectivity index is 1.97. The molecule has 1 heterocycles. The lowest BCUT2D eigenvalue weighted by Gasteiger charge is -2.28. The van der Waals surface area contributed by atoms with Gasteiger partial charge in [-0.1, -0.05) is 6.07 Å². The Kier molecular flexibility index (Phi) is 5.00. The van der Waals surface area contributed by atoms with Gasteiger partial charge in [0.1, 0.15) is 5.75 Å². The second kappa shape index (κ2) is 6.52. The lowest BCUT2D eigenvalue weighted by atomic mass is 10.0. The van der Waals surface area contributed by atoms with Crippen LogP contribution in [0.1, 0.15) is 5.56 Å². The van der Waals surface area contributed by atoms with E-state index in [4.69, 9.17) is 19.9 Å². The van der Waals surface area contributed by atoms with Crippen LogP contribution in [0.15, 0.2) is 22.7 Å². The average Bonchev–Trinajstić information content (AvgIpc) is 2.40. The monoisotopic (exact) mass is 315 g/mol. The molecule has 0 saturated carbocycles. The molecule has 2 atom stereocenters. The zero-order valence-corrected chi connectivity index (χ0v) is 12.0. The van der Waals surface area contributed by atoms with E-state index in [1.807, 2.05) is 18.2 Å². The number of hydrogen-bond acceptors (Lipinski definition) is 4. The molecule has 1 aliphatic rings. The Bertz CT molecular complexity index is 394. The van der Waals surface area contributed by atoms with Crippen molar-refractivity contribution >= 4 is 15.9 Å². The van der Waals surface area contributed by atoms with Crippen molar-refractivity contribution in [2.24, 2.45) is 5.73 Å². The number of ether oxygens (including phenoxy) is 3. The average molecular weight is 316 g/mol. The molecular formula is C13H18BrNO3. The van der Waals surface area contributed by atoms with Gasteiger partial charge in [0, 0.05) is 6.04 Å². The predicted molar refractivity (Wildman–Crippen MR) is 72.9 cm³/mol. The molecule has 5 heteroatoms. The molecule has 100 valence electrons. The first-order chi connectivity index (χ1) is 8.70. The highest BCUT2D eigenvalue weighted by Crippen LogP contribution is 2.26. The van der Waals surface area contributed by atoms with E-state index in [1.54, 1.807) is 7.11 Å². The highest BCUT2D eigenvalue weighted by molar-refractivity contribution is 9.10. The SMILES string of the molecule is COc1ccc(CC(N)C2COCCO2)cc1Br. The zero-order chi connectivity index (χ0) is 13.0. The molecule has 1 aromatic rings. The molecule has 2 rings (SSSR count). The summed E-state index contributed by atoms with van der Waals surface area (Å²) in [6.07, 6.45) is 0.746. The topological polar surface area (TPSA) is 53.7 Å². The second-order valence-corrected chi connectivity index (χ2v) is 5.18. The lowest BCUT2D eigenvalue weighted by molar-refractivity contribution is -0.0967. The minimum atomic E-state index is -0.0504. The molecule has 0 aliphatic carbocycles. The minimum Gasteiger partial charge on any atom is -0.496 e. The number of halogens is 1. The summed E-state index contributed by atoms with van der Waals surface area (Å²) in [5, 5.41) is 0. The van der Waals surface area contributed by atoms with E-state index in [0.717, 1.165) is 22.2 Å². The maximum absolute atomic E-state index is 6.15. The molecule has 2 N–H and O–H groups in total. The number of nitrogens with two attached hydrogens (primary N) is 1. The van der Waals surface area contributed by atoms with E-state index < -0.39 is 0 Å². The van der Waals surface area contributed by atoms with Crippen LogP contribution < -0.4 is 10.5 Å². The molecule has 1 saturated heterocycles. The van der Waals surface area contributed by atoms with Crippen LogP contribution >= 0.6 is 15.9 Å². The van der Waals surface area contributed by atoms with Crippen molar-refractivity contribution in [2.45, 2.75) is 18.6 Å². The fourth-order valence-corrected chi connectivity index (χ4v) is 2.58. The highest BCUT2D eigenvalue weighted by atomic mass is 79.9. The molecular weight excluding hydrogens is 298 g/mol. The van der Waals surface area contributed by atoms with Crippen molar-refractivity contribution in [2.75, 3.05) is 26.9 Å². The molecule has 1 fully saturated rings. The van der Waals surface area contributed by atoms with E-state index in [-0.39, 0.29) is 12.1 Å². The van der Waals surface area contributed by atoms with Crippen LogP contribution in [0.4, 0.5) is 0 Å². The van der Waals surface area contributed by atoms with Crippen LogP contribution in [0.2, 0.25) is 0 Å². The summed E-state index contributed by atoms with van der Waals surface area (Å²) >= 11 is 3.47. The van der Waals surface area contributed by atoms with Crippen molar-refractivity contribution in [1.29, 1.82) is 0 Å². The maximum Gasteiger partial charge on any atom is 0.133 e. The van der Waals surface area contributed by atoms with Crippen LogP contribution in [0.25, 0.3) is 0 Å². The van der Waals surface area contributed by atoms with E-state index in [0.29, 0.717) is 19.8 Å². The first kappa shape index (κ1) is 13.8. The van der Waals surface area contributed by atoms with Gasteiger partial charge in [0.25, 0.3) is 0 Å². The van der Waals surface area contributed by atoms with Gasteiger partial charge in [0.15, 0.2) is 0 Å². The molecule has 18 heavy (non-hydrogen) atoms. The molecule has 0 spiro atoms. The minimum absolute atomic E-state index is 0.0142. The van der Waals surface area contributed by atoms with Gasteiger partial charge in [0.2, 0.25) is 0 Å². The van der Waals surface area contributed by atoms with Crippen molar-refractivity contribution in [3.63, 3.8) is 0 Å². The first-order valence-corrected chi connectivity index (χ1v) is 6.77. The highest BCUT2D eigenvalue weighted by Gasteiger charge is 2.22. The number of rotatable bonds is 4. The molecule has 4 nitrogen and oxygen atoms in total. The predicted octanol–water partition coefficient (Wildman–Crippen LogP) is 1.74. The van der Waals surface area contributed by atoms with Crippen LogP contribution in [-0.2, 0) is 15.9 Å². The van der Waals surface area contributed by atoms with Gasteiger partial charge < -0.3 is 19.9 Å². The van der Waals surface area contributed by atoms with Crippen LogP contribution in [0.5, 0.6) is 5.75 Å². The summed E-state index contributed by atoms with van der Waals surface area (Å²) in [6, 6.07) is 5.94. The third kappa shape index (κ3) is 3.45. The van der Waals surface area contributed by atoms with Gasteiger partial charge in [-0.25, -0.2) is 0 Å². The lowest BCUT2D eigenvalue weighted by Crippen LogP contribution is -2.44. The summed E-state index contributed by atoms with van der Waals surface area (Å²) in [4.78, 5) is 0. The summed E-state index contributed by atoms with van der Waals surface area (Å²) in [5.41, 5.74) is 7.31. The normalized spacial score (nSPS) is 21.6. The second-order valence-electron chi connectivity index (χ2n) is 4.32. The first-order valence-electron chi connectivity index (χ1n) is 5.98. The van der Waals surface area contributed by atoms with E-state index >= 15 is 0 Å². The molecule has 0 bridgehead atoms. The van der Waals surface area contributed by atoms with Gasteiger partial charge in [-0.05, 0) is 40.0 Å². The Hall–Kier alpha value is -0.620. The van der Waals surface area contributed by atoms with Crippen molar-refractivity contribution in [1.82, 2.24) is 0 Å². The smallest absolute Gasteiger partial charge is 0.133 e. The third-order valence-corrected chi connectivity index (χ3v) is 3.63. The zero-order valence-electron chi connectivity index (χ0n) is 10.4. The van der Waals surface area contributed by atoms with Crippen LogP contribution in [0, 0.1) is 0 Å². The van der Waals surface area contributed by atoms with Crippen molar-refractivity contribution in [3.8, 4) is 5.75 Å². The number of methoxy groups -OCH3 is 1. The molecule has 1 aromatic carbocycles. The van der Waals surface area contributed by atoms with E-state index in [9.17, 15) is 0 Å². The molecule has 1 aliphatic heterocycles. The van der Waals surface area contributed by atoms with Gasteiger partial charge in [-0.15, -0.1) is 0 Å². The van der Waals surface area contributed by atoms with E-state index in [1.165, 1.54) is 0 Å². The fraction of sp³-hybridized carbons (Fsp3) is 0.538. The van der Waals surface area contributed by atoms with Crippen LogP contribution in [-0.4, -0.2) is 39.1 Å². The Labute approximate surface area is 116 Å². The van der Waals surface area contributed by atoms with E-state index in [2.05, 4.69) is 15.9 Å². The Morgan fingerprint density at radius 2 is 2.33 bits per heavy atom.